The predicted molar refractivity (Wildman–Crippen MR) is 365 cm³/mol. The van der Waals surface area contributed by atoms with Crippen molar-refractivity contribution in [1.82, 2.24) is 52.8 Å². The first-order valence-corrected chi connectivity index (χ1v) is 32.0. The maximum absolute atomic E-state index is 15.0. The molecule has 3 aromatic rings. The molecule has 0 radical (unpaired) electrons. The predicted octanol–water partition coefficient (Wildman–Crippen LogP) is -5.02. The number of fused-ring (bicyclic) bond motifs is 1. The molecule has 0 unspecified atom stereocenters. The number of nitrogens with one attached hydrogen (secondary N) is 10. The van der Waals surface area contributed by atoms with Crippen LogP contribution in [0.2, 0.25) is 0 Å². The van der Waals surface area contributed by atoms with Gasteiger partial charge in [0.2, 0.25) is 47.3 Å². The number of nitrogens with zero attached hydrogens (tertiary/aromatic N) is 5. The number of hydrogen-bond donors (Lipinski definition) is 21. The van der Waals surface area contributed by atoms with Gasteiger partial charge in [-0.2, -0.15) is 0 Å². The van der Waals surface area contributed by atoms with E-state index >= 15 is 4.79 Å². The van der Waals surface area contributed by atoms with E-state index in [1.165, 1.54) is 0 Å². The number of rotatable bonds is 43. The van der Waals surface area contributed by atoms with Gasteiger partial charge in [0.05, 0.1) is 6.04 Å². The zero-order valence-electron chi connectivity index (χ0n) is 54.5. The van der Waals surface area contributed by atoms with E-state index in [4.69, 9.17) is 57.3 Å². The van der Waals surface area contributed by atoms with Gasteiger partial charge in [-0.3, -0.25) is 63.3 Å². The normalized spacial score (nSPS) is 15.3. The van der Waals surface area contributed by atoms with E-state index in [1.54, 1.807) is 44.3 Å². The molecule has 1 aromatic heterocycles. The van der Waals surface area contributed by atoms with Gasteiger partial charge < -0.3 is 115 Å². The number of carboxylic acids is 1. The first-order valence-electron chi connectivity index (χ1n) is 32.0. The van der Waals surface area contributed by atoms with Crippen LogP contribution in [0.3, 0.4) is 0 Å². The van der Waals surface area contributed by atoms with Gasteiger partial charge in [0.15, 0.2) is 29.8 Å². The number of aromatic amines is 1. The molecule has 528 valence electrons. The second-order valence-electron chi connectivity index (χ2n) is 23.3. The van der Waals surface area contributed by atoms with E-state index in [-0.39, 0.29) is 140 Å². The van der Waals surface area contributed by atoms with E-state index in [1.807, 2.05) is 30.3 Å². The molecular formula is C61H99N25O10. The number of aliphatic imine (C=N–C) groups is 5. The molecule has 1 aliphatic rings. The molecule has 0 bridgehead atoms. The Bertz CT molecular complexity index is 3190. The Kier molecular flexibility index (Phi) is 33.5. The zero-order chi connectivity index (χ0) is 70.7. The van der Waals surface area contributed by atoms with Crippen LogP contribution in [0.4, 0.5) is 0 Å². The van der Waals surface area contributed by atoms with Crippen molar-refractivity contribution in [2.45, 2.75) is 165 Å². The highest BCUT2D eigenvalue weighted by atomic mass is 16.4. The van der Waals surface area contributed by atoms with Crippen LogP contribution in [0.1, 0.15) is 108 Å². The van der Waals surface area contributed by atoms with Gasteiger partial charge in [0.25, 0.3) is 0 Å². The summed E-state index contributed by atoms with van der Waals surface area (Å²) in [7, 11) is 0. The summed E-state index contributed by atoms with van der Waals surface area (Å²) < 4.78 is 0. The Morgan fingerprint density at radius 2 is 0.854 bits per heavy atom. The monoisotopic (exact) mass is 1340 g/mol. The number of amides is 8. The van der Waals surface area contributed by atoms with E-state index in [0.717, 1.165) is 22.9 Å². The number of aliphatic carboxylic acids is 1. The number of para-hydroxylation sites is 1. The lowest BCUT2D eigenvalue weighted by atomic mass is 9.96. The lowest BCUT2D eigenvalue weighted by Gasteiger charge is -2.30. The van der Waals surface area contributed by atoms with Crippen LogP contribution in [-0.2, 0) is 56.0 Å². The van der Waals surface area contributed by atoms with E-state index in [9.17, 15) is 43.5 Å². The van der Waals surface area contributed by atoms with Crippen LogP contribution in [0.25, 0.3) is 10.9 Å². The van der Waals surface area contributed by atoms with Crippen molar-refractivity contribution in [2.24, 2.45) is 88.2 Å². The van der Waals surface area contributed by atoms with Gasteiger partial charge in [-0.1, -0.05) is 68.8 Å². The summed E-state index contributed by atoms with van der Waals surface area (Å²) in [5.74, 6) is -9.47. The quantitative estimate of drug-likeness (QED) is 0.0143. The number of carbonyl (C=O) groups is 9. The first kappa shape index (κ1) is 78.0. The van der Waals surface area contributed by atoms with Crippen LogP contribution in [0, 0.1) is 5.92 Å². The van der Waals surface area contributed by atoms with Crippen molar-refractivity contribution in [2.75, 3.05) is 39.3 Å². The van der Waals surface area contributed by atoms with Crippen molar-refractivity contribution in [1.29, 1.82) is 0 Å². The highest BCUT2D eigenvalue weighted by Crippen LogP contribution is 2.21. The number of aromatic nitrogens is 1. The van der Waals surface area contributed by atoms with Crippen molar-refractivity contribution in [3.63, 3.8) is 0 Å². The Balaban J connectivity index is 1.71. The van der Waals surface area contributed by atoms with Crippen LogP contribution in [0.5, 0.6) is 0 Å². The highest BCUT2D eigenvalue weighted by Gasteiger charge is 2.37. The molecule has 4 rings (SSSR count). The summed E-state index contributed by atoms with van der Waals surface area (Å²) in [6.45, 7) is 4.11. The van der Waals surface area contributed by atoms with Crippen LogP contribution in [-0.4, -0.2) is 187 Å². The maximum Gasteiger partial charge on any atom is 0.326 e. The summed E-state index contributed by atoms with van der Waals surface area (Å²) in [6.07, 6.45) is 3.27. The molecule has 35 heteroatoms. The lowest BCUT2D eigenvalue weighted by molar-refractivity contribution is -0.142. The van der Waals surface area contributed by atoms with Gasteiger partial charge in [0.1, 0.15) is 48.3 Å². The molecule has 10 atom stereocenters. The highest BCUT2D eigenvalue weighted by molar-refractivity contribution is 5.99. The third-order valence-electron chi connectivity index (χ3n) is 15.7. The molecule has 31 N–H and O–H groups in total. The Morgan fingerprint density at radius 3 is 1.27 bits per heavy atom. The molecule has 0 spiro atoms. The number of guanidine groups is 5. The van der Waals surface area contributed by atoms with E-state index in [0.29, 0.717) is 24.9 Å². The van der Waals surface area contributed by atoms with Gasteiger partial charge in [-0.05, 0) is 107 Å². The Hall–Kier alpha value is -10.5. The van der Waals surface area contributed by atoms with Crippen molar-refractivity contribution in [3.8, 4) is 0 Å². The largest absolute Gasteiger partial charge is 0.480 e. The molecule has 35 nitrogen and oxygen atoms in total. The fraction of sp³-hybridized carbons (Fsp3) is 0.541. The summed E-state index contributed by atoms with van der Waals surface area (Å²) in [6, 6.07) is 4.68. The Labute approximate surface area is 557 Å². The summed E-state index contributed by atoms with van der Waals surface area (Å²) in [4.78, 5) is 152. The number of carboxylic acid groups (broad SMARTS) is 1. The van der Waals surface area contributed by atoms with Crippen molar-refractivity contribution >= 4 is 93.9 Å². The fourth-order valence-electron chi connectivity index (χ4n) is 10.4. The number of hydrogen-bond acceptors (Lipinski definition) is 15. The molecule has 96 heavy (non-hydrogen) atoms. The molecule has 0 saturated carbocycles. The molecule has 1 saturated heterocycles. The molecule has 1 fully saturated rings. The van der Waals surface area contributed by atoms with Crippen LogP contribution >= 0.6 is 0 Å². The van der Waals surface area contributed by atoms with Crippen LogP contribution < -0.4 is 105 Å². The Morgan fingerprint density at radius 1 is 0.479 bits per heavy atom. The number of H-pyrrole nitrogens is 1. The first-order chi connectivity index (χ1) is 45.8. The summed E-state index contributed by atoms with van der Waals surface area (Å²) in [5, 5.41) is 35.8. The van der Waals surface area contributed by atoms with Crippen molar-refractivity contribution in [3.05, 3.63) is 71.9 Å². The third-order valence-corrected chi connectivity index (χ3v) is 15.7. The molecular weight excluding hydrogens is 1240 g/mol. The van der Waals surface area contributed by atoms with E-state index < -0.39 is 114 Å². The average Bonchev–Trinajstić information content (AvgIpc) is 1.67. The number of carbonyl (C=O) groups excluding carboxylic acids is 8. The SMILES string of the molecule is CC[C@H](C)[C@H](NC(=O)[C@H](CCCN=C(N)N)NC(=O)[C@H](CCCN=C(N)N)NC(=O)[C@H](CCCN=C(N)N)NC(=O)[C@H](Cc1c[nH]c2ccccc12)NC(=O)[C@H](Cc1ccccc1)NC(=O)[C@@H]1CCCN1)C(=O)N[C@@H](CCCN=C(N)N)C(=O)N[C@@H](CCCN=C(N)N)C(=O)O. The minimum Gasteiger partial charge on any atom is -0.480 e. The van der Waals surface area contributed by atoms with Gasteiger partial charge in [-0.25, -0.2) is 4.79 Å². The van der Waals surface area contributed by atoms with Gasteiger partial charge in [-0.15, -0.1) is 0 Å². The van der Waals surface area contributed by atoms with Crippen molar-refractivity contribution < 1.29 is 48.3 Å². The lowest BCUT2D eigenvalue weighted by Crippen LogP contribution is -2.61. The smallest absolute Gasteiger partial charge is 0.326 e. The number of benzene rings is 2. The molecule has 2 heterocycles. The second-order valence-corrected chi connectivity index (χ2v) is 23.3. The summed E-state index contributed by atoms with van der Waals surface area (Å²) in [5.41, 5.74) is 57.8. The van der Waals surface area contributed by atoms with Gasteiger partial charge in [0, 0.05) is 62.7 Å². The fourth-order valence-corrected chi connectivity index (χ4v) is 10.4. The third kappa shape index (κ3) is 28.4. The van der Waals surface area contributed by atoms with Crippen LogP contribution in [0.15, 0.2) is 85.8 Å². The maximum atomic E-state index is 15.0. The second kappa shape index (κ2) is 41.3. The van der Waals surface area contributed by atoms with Gasteiger partial charge >= 0.3 is 5.97 Å². The molecule has 0 aliphatic carbocycles. The molecule has 8 amide bonds. The zero-order valence-corrected chi connectivity index (χ0v) is 54.5. The standard InChI is InChI=1S/C61H99N25O10/c1-3-34(2)47(55(94)82-42(22-12-28-75-59(66)67)51(90)83-44(56(95)96)24-14-30-77-61(70)71)86-52(91)43(23-13-29-76-60(68)69)80-49(88)40(20-10-26-73-57(62)63)79-50(89)41(21-11-27-74-58(64)65)81-54(93)46(32-36-33-78-38-18-8-7-17-37(36)38)85-53(92)45(31-35-15-5-4-6-16-35)84-48(87)39-19-9-25-72-39/h4-8,15-18,33-34,39-47,72,78H,3,9-14,19-32H2,1-2H3,(H,79,89)(H,80,88)(H,81,93)(H,82,94)(H,83,90)(H,84,87)(H,85,92)(H,86,91)(H,95,96)(H4,62,63,73)(H4,64,65,74)(H4,66,67,75)(H4,68,69,76)(H4,70,71,77)/t34-,39-,40-,41-,42-,43-,44-,45-,46-,47-/m0/s1. The molecule has 1 aliphatic heterocycles. The minimum atomic E-state index is -1.48. The summed E-state index contributed by atoms with van der Waals surface area (Å²) >= 11 is 0. The topological polar surface area (TPSA) is 620 Å². The number of nitrogens with two attached hydrogens (primary N) is 10. The van der Waals surface area contributed by atoms with E-state index in [2.05, 4.69) is 77.8 Å². The average molecular weight is 1340 g/mol. The molecule has 2 aromatic carbocycles. The minimum absolute atomic E-state index is 0.00416.